The first kappa shape index (κ1) is 24.0. The van der Waals surface area contributed by atoms with Gasteiger partial charge in [0.2, 0.25) is 0 Å². The van der Waals surface area contributed by atoms with Crippen LogP contribution in [-0.2, 0) is 18.9 Å². The molecule has 2 aliphatic heterocycles. The molecule has 2 rings (SSSR count). The number of aliphatic hydroxyl groups excluding tert-OH is 1. The fourth-order valence-corrected chi connectivity index (χ4v) is 3.80. The number of methoxy groups -OCH3 is 1. The van der Waals surface area contributed by atoms with E-state index in [1.54, 1.807) is 13.8 Å². The van der Waals surface area contributed by atoms with E-state index in [0.717, 1.165) is 0 Å². The van der Waals surface area contributed by atoms with Gasteiger partial charge < -0.3 is 29.8 Å². The van der Waals surface area contributed by atoms with Gasteiger partial charge >= 0.3 is 0 Å². The van der Waals surface area contributed by atoms with Crippen molar-refractivity contribution < 1.29 is 24.1 Å². The molecule has 30 heavy (non-hydrogen) atoms. The lowest BCUT2D eigenvalue weighted by Gasteiger charge is -2.47. The van der Waals surface area contributed by atoms with Crippen molar-refractivity contribution in [2.45, 2.75) is 62.9 Å². The summed E-state index contributed by atoms with van der Waals surface area (Å²) in [5.74, 6) is -0.935. The maximum atomic E-state index is 10.4. The monoisotopic (exact) mass is 426 g/mol. The molecule has 3 N–H and O–H groups in total. The second-order valence-electron chi connectivity index (χ2n) is 7.17. The Morgan fingerprint density at radius 1 is 0.967 bits per heavy atom. The van der Waals surface area contributed by atoms with Crippen LogP contribution in [0.15, 0.2) is 15.3 Å². The summed E-state index contributed by atoms with van der Waals surface area (Å²) in [4.78, 5) is 8.44. The number of nitrogens with two attached hydrogens (primary N) is 1. The van der Waals surface area contributed by atoms with Crippen LogP contribution in [0.5, 0.6) is 0 Å². The molecule has 4 unspecified atom stereocenters. The van der Waals surface area contributed by atoms with Crippen molar-refractivity contribution in [3.8, 4) is 0 Å². The van der Waals surface area contributed by atoms with Crippen LogP contribution in [0.4, 0.5) is 0 Å². The molecular weight excluding hydrogens is 400 g/mol. The molecular formula is C15H26N10O5. The van der Waals surface area contributed by atoms with Crippen LogP contribution in [0.25, 0.3) is 31.3 Å². The average molecular weight is 426 g/mol. The summed E-state index contributed by atoms with van der Waals surface area (Å²) >= 11 is 0. The van der Waals surface area contributed by atoms with Crippen LogP contribution in [0.1, 0.15) is 13.8 Å². The molecule has 0 aromatic heterocycles. The Hall–Kier alpha value is -2.31. The van der Waals surface area contributed by atoms with Crippen LogP contribution in [0.2, 0.25) is 0 Å². The predicted molar refractivity (Wildman–Crippen MR) is 102 cm³/mol. The summed E-state index contributed by atoms with van der Waals surface area (Å²) in [6.07, 6.45) is -5.11. The summed E-state index contributed by atoms with van der Waals surface area (Å²) in [5.41, 5.74) is 32.3. The van der Waals surface area contributed by atoms with Crippen LogP contribution < -0.4 is 5.73 Å². The van der Waals surface area contributed by atoms with E-state index in [9.17, 15) is 5.11 Å². The molecule has 0 aromatic rings. The van der Waals surface area contributed by atoms with Gasteiger partial charge in [-0.05, 0) is 28.4 Å². The second-order valence-corrected chi connectivity index (χ2v) is 7.17. The first-order chi connectivity index (χ1) is 14.4. The molecule has 0 bridgehead atoms. The van der Waals surface area contributed by atoms with Crippen molar-refractivity contribution >= 4 is 0 Å². The van der Waals surface area contributed by atoms with Gasteiger partial charge in [-0.2, -0.15) is 0 Å². The Kier molecular flexibility index (Phi) is 8.93. The highest BCUT2D eigenvalue weighted by Gasteiger charge is 2.49. The Morgan fingerprint density at radius 3 is 2.10 bits per heavy atom. The minimum Gasteiger partial charge on any atom is -0.390 e. The zero-order valence-corrected chi connectivity index (χ0v) is 16.9. The first-order valence-electron chi connectivity index (χ1n) is 9.40. The highest BCUT2D eigenvalue weighted by molar-refractivity contribution is 4.96. The number of aliphatic hydroxyl groups is 1. The van der Waals surface area contributed by atoms with Gasteiger partial charge in [0.05, 0.1) is 43.0 Å². The zero-order chi connectivity index (χ0) is 22.3. The molecule has 0 spiro atoms. The van der Waals surface area contributed by atoms with E-state index in [2.05, 4.69) is 30.1 Å². The minimum atomic E-state index is -1.05. The van der Waals surface area contributed by atoms with E-state index in [1.807, 2.05) is 0 Å². The Bertz CT molecular complexity index is 721. The zero-order valence-electron chi connectivity index (χ0n) is 16.9. The molecule has 2 aliphatic rings. The summed E-state index contributed by atoms with van der Waals surface area (Å²) in [6, 6.07) is -1.58. The lowest BCUT2D eigenvalue weighted by Crippen LogP contribution is -2.60. The number of rotatable bonds is 8. The molecule has 0 radical (unpaired) electrons. The standard InChI is InChI=1S/C15H26N10O5/c1-6-10(21-24-18)15(28-8(4-16)12(6)26)30-13-7(2)11(22-25-19)14(27-3)29-9(13)5-20-23-17/h6-15,26H,4-5,16H2,1-3H3/t6?,7?,8?,9?,10-,11-,12-,13-,14-,15+/m1/s1. The average Bonchev–Trinajstić information content (AvgIpc) is 2.75. The Labute approximate surface area is 172 Å². The summed E-state index contributed by atoms with van der Waals surface area (Å²) < 4.78 is 23.0. The second kappa shape index (κ2) is 11.2. The van der Waals surface area contributed by atoms with Gasteiger partial charge in [-0.15, -0.1) is 0 Å². The maximum Gasteiger partial charge on any atom is 0.167 e. The molecule has 0 aromatic carbocycles. The number of nitrogens with zero attached hydrogens (tertiary/aromatic N) is 9. The molecule has 15 heteroatoms. The molecule has 0 amide bonds. The molecule has 10 atom stereocenters. The third-order valence-electron chi connectivity index (χ3n) is 5.51. The summed E-state index contributed by atoms with van der Waals surface area (Å²) in [7, 11) is 1.40. The third-order valence-corrected chi connectivity index (χ3v) is 5.51. The number of azide groups is 3. The molecule has 15 nitrogen and oxygen atoms in total. The molecule has 2 saturated heterocycles. The fourth-order valence-electron chi connectivity index (χ4n) is 3.80. The highest BCUT2D eigenvalue weighted by Crippen LogP contribution is 2.36. The van der Waals surface area contributed by atoms with Crippen LogP contribution in [0.3, 0.4) is 0 Å². The Morgan fingerprint density at radius 2 is 1.57 bits per heavy atom. The molecule has 0 saturated carbocycles. The quantitative estimate of drug-likeness (QED) is 0.333. The lowest BCUT2D eigenvalue weighted by molar-refractivity contribution is -0.305. The maximum absolute atomic E-state index is 10.4. The van der Waals surface area contributed by atoms with Gasteiger partial charge in [-0.3, -0.25) is 0 Å². The van der Waals surface area contributed by atoms with E-state index in [4.69, 9.17) is 41.3 Å². The van der Waals surface area contributed by atoms with Crippen molar-refractivity contribution in [3.05, 3.63) is 31.3 Å². The van der Waals surface area contributed by atoms with Crippen molar-refractivity contribution in [3.63, 3.8) is 0 Å². The number of ether oxygens (including phenoxy) is 4. The van der Waals surface area contributed by atoms with E-state index in [1.165, 1.54) is 7.11 Å². The van der Waals surface area contributed by atoms with Crippen molar-refractivity contribution in [2.24, 2.45) is 32.9 Å². The largest absolute Gasteiger partial charge is 0.390 e. The van der Waals surface area contributed by atoms with Crippen LogP contribution in [-0.4, -0.2) is 74.4 Å². The normalized spacial score (nSPS) is 41.1. The van der Waals surface area contributed by atoms with Crippen molar-refractivity contribution in [1.82, 2.24) is 0 Å². The van der Waals surface area contributed by atoms with E-state index >= 15 is 0 Å². The summed E-state index contributed by atoms with van der Waals surface area (Å²) in [5, 5.41) is 21.4. The predicted octanol–water partition coefficient (Wildman–Crippen LogP) is 1.73. The lowest BCUT2D eigenvalue weighted by atomic mass is 9.87. The number of hydrogen-bond acceptors (Lipinski definition) is 9. The molecule has 0 aliphatic carbocycles. The smallest absolute Gasteiger partial charge is 0.167 e. The summed E-state index contributed by atoms with van der Waals surface area (Å²) in [6.45, 7) is 3.42. The molecule has 2 fully saturated rings. The fraction of sp³-hybridized carbons (Fsp3) is 1.00. The SMILES string of the molecule is CO[C@@H]1OC(CN=[N+]=[N-])[C@H](O[C@@H]2OC(CN)[C@H](O)C(C)[C@H]2N=[N+]=[N-])C(C)[C@H]1N=[N+]=[N-]. The van der Waals surface area contributed by atoms with Gasteiger partial charge in [-0.25, -0.2) is 0 Å². The van der Waals surface area contributed by atoms with E-state index in [0.29, 0.717) is 0 Å². The van der Waals surface area contributed by atoms with Gasteiger partial charge in [0.15, 0.2) is 12.6 Å². The highest BCUT2D eigenvalue weighted by atomic mass is 16.7. The van der Waals surface area contributed by atoms with Crippen molar-refractivity contribution in [1.29, 1.82) is 0 Å². The van der Waals surface area contributed by atoms with Gasteiger partial charge in [0, 0.05) is 28.4 Å². The number of hydrogen-bond donors (Lipinski definition) is 2. The van der Waals surface area contributed by atoms with Gasteiger partial charge in [0.1, 0.15) is 0 Å². The van der Waals surface area contributed by atoms with Crippen molar-refractivity contribution in [2.75, 3.05) is 20.2 Å². The molecule has 2 heterocycles. The van der Waals surface area contributed by atoms with Gasteiger partial charge in [-0.1, -0.05) is 29.2 Å². The van der Waals surface area contributed by atoms with Gasteiger partial charge in [0.25, 0.3) is 0 Å². The van der Waals surface area contributed by atoms with Crippen LogP contribution in [0, 0.1) is 11.8 Å². The first-order valence-corrected chi connectivity index (χ1v) is 9.40. The van der Waals surface area contributed by atoms with Crippen LogP contribution >= 0.6 is 0 Å². The van der Waals surface area contributed by atoms with E-state index in [-0.39, 0.29) is 13.1 Å². The third kappa shape index (κ3) is 5.05. The van der Waals surface area contributed by atoms with E-state index < -0.39 is 60.9 Å². The minimum absolute atomic E-state index is 0.0281. The molecule has 166 valence electrons. The Balaban J connectivity index is 2.36. The topological polar surface area (TPSA) is 229 Å².